The van der Waals surface area contributed by atoms with Gasteiger partial charge in [0.25, 0.3) is 0 Å². The lowest BCUT2D eigenvalue weighted by Gasteiger charge is -2.35. The molecule has 1 aromatic carbocycles. The van der Waals surface area contributed by atoms with Crippen molar-refractivity contribution in [1.82, 2.24) is 0 Å². The first-order valence-corrected chi connectivity index (χ1v) is 8.59. The second-order valence-corrected chi connectivity index (χ2v) is 6.48. The predicted octanol–water partition coefficient (Wildman–Crippen LogP) is 1.62. The van der Waals surface area contributed by atoms with Gasteiger partial charge in [-0.15, -0.1) is 0 Å². The largest absolute Gasteiger partial charge is 0.481 e. The maximum absolute atomic E-state index is 11.4. The number of carboxylic acid groups (broad SMARTS) is 1. The van der Waals surface area contributed by atoms with E-state index < -0.39 is 18.0 Å². The van der Waals surface area contributed by atoms with Crippen molar-refractivity contribution in [3.63, 3.8) is 0 Å². The average Bonchev–Trinajstić information content (AvgIpc) is 2.61. The topological polar surface area (TPSA) is 79.2 Å². The Bertz CT molecular complexity index is 558. The lowest BCUT2D eigenvalue weighted by atomic mass is 9.90. The van der Waals surface area contributed by atoms with E-state index in [1.807, 2.05) is 24.3 Å². The molecule has 2 unspecified atom stereocenters. The van der Waals surface area contributed by atoms with Crippen molar-refractivity contribution in [3.05, 3.63) is 29.8 Å². The third-order valence-electron chi connectivity index (χ3n) is 4.76. The summed E-state index contributed by atoms with van der Waals surface area (Å²) in [6.07, 6.45) is 1.87. The van der Waals surface area contributed by atoms with E-state index in [1.54, 1.807) is 0 Å². The molecule has 2 heterocycles. The number of aliphatic carboxylic acids is 1. The van der Waals surface area contributed by atoms with Crippen LogP contribution < -0.4 is 4.90 Å². The number of hydrogen-bond acceptors (Lipinski definition) is 5. The van der Waals surface area contributed by atoms with Gasteiger partial charge in [-0.1, -0.05) is 18.2 Å². The maximum Gasteiger partial charge on any atom is 0.311 e. The SMILES string of the molecule is O=C(O)C1CCN(CC(O)COC2CCOCC2)c2ccccc21. The number of rotatable bonds is 6. The van der Waals surface area contributed by atoms with E-state index in [4.69, 9.17) is 9.47 Å². The molecular weight excluding hydrogens is 310 g/mol. The summed E-state index contributed by atoms with van der Waals surface area (Å²) in [5, 5.41) is 19.7. The molecule has 1 aromatic rings. The molecule has 0 spiro atoms. The fourth-order valence-corrected chi connectivity index (χ4v) is 3.47. The highest BCUT2D eigenvalue weighted by molar-refractivity contribution is 5.80. The maximum atomic E-state index is 11.4. The first kappa shape index (κ1) is 17.2. The molecule has 132 valence electrons. The summed E-state index contributed by atoms with van der Waals surface area (Å²) < 4.78 is 11.1. The van der Waals surface area contributed by atoms with Crippen molar-refractivity contribution >= 4 is 11.7 Å². The normalized spacial score (nSPS) is 22.9. The third-order valence-corrected chi connectivity index (χ3v) is 4.76. The second kappa shape index (κ2) is 7.96. The van der Waals surface area contributed by atoms with E-state index >= 15 is 0 Å². The van der Waals surface area contributed by atoms with Gasteiger partial charge in [-0.3, -0.25) is 4.79 Å². The van der Waals surface area contributed by atoms with Gasteiger partial charge in [0.2, 0.25) is 0 Å². The summed E-state index contributed by atoms with van der Waals surface area (Å²) >= 11 is 0. The number of aliphatic hydroxyl groups excluding tert-OH is 1. The third kappa shape index (κ3) is 4.06. The van der Waals surface area contributed by atoms with Gasteiger partial charge < -0.3 is 24.6 Å². The Hall–Kier alpha value is -1.63. The van der Waals surface area contributed by atoms with Gasteiger partial charge in [0.1, 0.15) is 0 Å². The van der Waals surface area contributed by atoms with Crippen molar-refractivity contribution in [3.8, 4) is 0 Å². The molecule has 2 aliphatic rings. The van der Waals surface area contributed by atoms with Crippen LogP contribution in [0.25, 0.3) is 0 Å². The summed E-state index contributed by atoms with van der Waals surface area (Å²) in [7, 11) is 0. The quantitative estimate of drug-likeness (QED) is 0.822. The van der Waals surface area contributed by atoms with Crippen LogP contribution in [0.2, 0.25) is 0 Å². The van der Waals surface area contributed by atoms with Crippen LogP contribution in [-0.4, -0.2) is 61.3 Å². The Morgan fingerprint density at radius 1 is 1.29 bits per heavy atom. The van der Waals surface area contributed by atoms with Crippen molar-refractivity contribution in [2.75, 3.05) is 37.8 Å². The van der Waals surface area contributed by atoms with Crippen molar-refractivity contribution in [1.29, 1.82) is 0 Å². The number of ether oxygens (including phenoxy) is 2. The fraction of sp³-hybridized carbons (Fsp3) is 0.611. The molecule has 0 amide bonds. The van der Waals surface area contributed by atoms with Crippen LogP contribution in [-0.2, 0) is 14.3 Å². The van der Waals surface area contributed by atoms with Crippen molar-refractivity contribution < 1.29 is 24.5 Å². The molecule has 2 aliphatic heterocycles. The molecule has 1 fully saturated rings. The fourth-order valence-electron chi connectivity index (χ4n) is 3.47. The zero-order valence-electron chi connectivity index (χ0n) is 13.8. The number of β-amino-alcohol motifs (C(OH)–C–C–N with tert-alkyl or cyclic N) is 1. The van der Waals surface area contributed by atoms with Gasteiger partial charge in [0, 0.05) is 32.0 Å². The highest BCUT2D eigenvalue weighted by Gasteiger charge is 2.30. The van der Waals surface area contributed by atoms with E-state index in [-0.39, 0.29) is 6.10 Å². The van der Waals surface area contributed by atoms with Gasteiger partial charge in [0.05, 0.1) is 24.7 Å². The van der Waals surface area contributed by atoms with E-state index in [0.29, 0.717) is 26.1 Å². The Labute approximate surface area is 142 Å². The number of fused-ring (bicyclic) bond motifs is 1. The summed E-state index contributed by atoms with van der Waals surface area (Å²) in [5.74, 6) is -1.25. The molecule has 0 aromatic heterocycles. The zero-order chi connectivity index (χ0) is 16.9. The number of hydrogen-bond donors (Lipinski definition) is 2. The molecule has 0 saturated carbocycles. The van der Waals surface area contributed by atoms with Gasteiger partial charge in [-0.2, -0.15) is 0 Å². The minimum Gasteiger partial charge on any atom is -0.481 e. The van der Waals surface area contributed by atoms with E-state index in [0.717, 1.165) is 37.3 Å². The summed E-state index contributed by atoms with van der Waals surface area (Å²) in [4.78, 5) is 13.5. The molecule has 6 heteroatoms. The molecule has 3 rings (SSSR count). The minimum absolute atomic E-state index is 0.165. The summed E-state index contributed by atoms with van der Waals surface area (Å²) in [5.41, 5.74) is 1.73. The molecule has 6 nitrogen and oxygen atoms in total. The summed E-state index contributed by atoms with van der Waals surface area (Å²) in [6.45, 7) is 2.81. The monoisotopic (exact) mass is 335 g/mol. The van der Waals surface area contributed by atoms with Gasteiger partial charge in [-0.05, 0) is 30.9 Å². The first-order chi connectivity index (χ1) is 11.6. The Morgan fingerprint density at radius 3 is 2.79 bits per heavy atom. The minimum atomic E-state index is -0.787. The lowest BCUT2D eigenvalue weighted by molar-refractivity contribution is -0.139. The van der Waals surface area contributed by atoms with Crippen LogP contribution in [0.4, 0.5) is 5.69 Å². The van der Waals surface area contributed by atoms with Gasteiger partial charge in [0.15, 0.2) is 0 Å². The second-order valence-electron chi connectivity index (χ2n) is 6.48. The van der Waals surface area contributed by atoms with Crippen LogP contribution in [0, 0.1) is 0 Å². The van der Waals surface area contributed by atoms with Crippen molar-refractivity contribution in [2.45, 2.75) is 37.4 Å². The molecule has 0 aliphatic carbocycles. The van der Waals surface area contributed by atoms with Crippen molar-refractivity contribution in [2.24, 2.45) is 0 Å². The number of benzene rings is 1. The number of carbonyl (C=O) groups is 1. The molecule has 0 bridgehead atoms. The molecule has 24 heavy (non-hydrogen) atoms. The number of nitrogens with zero attached hydrogens (tertiary/aromatic N) is 1. The van der Waals surface area contributed by atoms with E-state index in [2.05, 4.69) is 4.90 Å². The predicted molar refractivity (Wildman–Crippen MR) is 89.4 cm³/mol. The number of anilines is 1. The number of aliphatic hydroxyl groups is 1. The summed E-state index contributed by atoms with van der Waals surface area (Å²) in [6, 6.07) is 7.56. The molecule has 1 saturated heterocycles. The van der Waals surface area contributed by atoms with Crippen LogP contribution in [0.15, 0.2) is 24.3 Å². The number of para-hydroxylation sites is 1. The van der Waals surface area contributed by atoms with E-state index in [1.165, 1.54) is 0 Å². The molecule has 0 radical (unpaired) electrons. The van der Waals surface area contributed by atoms with Crippen LogP contribution >= 0.6 is 0 Å². The first-order valence-electron chi connectivity index (χ1n) is 8.59. The Balaban J connectivity index is 1.58. The highest BCUT2D eigenvalue weighted by Crippen LogP contribution is 2.35. The Morgan fingerprint density at radius 2 is 2.04 bits per heavy atom. The standard InChI is InChI=1S/C18H25NO5/c20-13(12-24-14-6-9-23-10-7-14)11-19-8-5-16(18(21)22)15-3-1-2-4-17(15)19/h1-4,13-14,16,20H,5-12H2,(H,21,22). The average molecular weight is 335 g/mol. The molecule has 2 atom stereocenters. The molecule has 2 N–H and O–H groups in total. The van der Waals surface area contributed by atoms with Crippen LogP contribution in [0.5, 0.6) is 0 Å². The van der Waals surface area contributed by atoms with Gasteiger partial charge in [-0.25, -0.2) is 0 Å². The van der Waals surface area contributed by atoms with E-state index in [9.17, 15) is 15.0 Å². The van der Waals surface area contributed by atoms with Gasteiger partial charge >= 0.3 is 5.97 Å². The van der Waals surface area contributed by atoms with Crippen LogP contribution in [0.1, 0.15) is 30.7 Å². The van der Waals surface area contributed by atoms with Crippen LogP contribution in [0.3, 0.4) is 0 Å². The zero-order valence-corrected chi connectivity index (χ0v) is 13.8. The highest BCUT2D eigenvalue weighted by atomic mass is 16.5. The smallest absolute Gasteiger partial charge is 0.311 e. The number of carboxylic acids is 1. The lowest BCUT2D eigenvalue weighted by Crippen LogP contribution is -2.40. The molecular formula is C18H25NO5. The Kier molecular flexibility index (Phi) is 5.71.